The van der Waals surface area contributed by atoms with Gasteiger partial charge in [-0.15, -0.1) is 11.8 Å². The molecule has 2 aliphatic rings. The first-order valence-electron chi connectivity index (χ1n) is 7.32. The van der Waals surface area contributed by atoms with E-state index in [1.165, 1.54) is 4.90 Å². The largest absolute Gasteiger partial charge is 0.480 e. The molecule has 1 amide bonds. The molecule has 4 nitrogen and oxygen atoms in total. The highest BCUT2D eigenvalue weighted by molar-refractivity contribution is 7.99. The van der Waals surface area contributed by atoms with Crippen molar-refractivity contribution in [2.45, 2.75) is 24.2 Å². The predicted molar refractivity (Wildman–Crippen MR) is 81.2 cm³/mol. The first-order chi connectivity index (χ1) is 10.1. The van der Waals surface area contributed by atoms with Crippen molar-refractivity contribution >= 4 is 23.6 Å². The molecule has 1 heterocycles. The van der Waals surface area contributed by atoms with E-state index in [0.717, 1.165) is 12.2 Å². The molecule has 0 radical (unpaired) electrons. The third-order valence-electron chi connectivity index (χ3n) is 4.37. The Labute approximate surface area is 128 Å². The van der Waals surface area contributed by atoms with Crippen LogP contribution in [-0.4, -0.2) is 40.7 Å². The molecule has 112 valence electrons. The van der Waals surface area contributed by atoms with Crippen molar-refractivity contribution < 1.29 is 14.7 Å². The Morgan fingerprint density at radius 3 is 2.62 bits per heavy atom. The standard InChI is InChI=1S/C16H19NO3S/c18-14(16(7-8-16)15(19)20)17-9-6-12(10-17)11-21-13-4-2-1-3-5-13/h1-5,12H,6-11H2,(H,19,20). The highest BCUT2D eigenvalue weighted by Crippen LogP contribution is 2.48. The zero-order valence-electron chi connectivity index (χ0n) is 11.8. The van der Waals surface area contributed by atoms with Crippen LogP contribution in [0.3, 0.4) is 0 Å². The summed E-state index contributed by atoms with van der Waals surface area (Å²) in [5.41, 5.74) is -1.08. The number of hydrogen-bond donors (Lipinski definition) is 1. The van der Waals surface area contributed by atoms with Crippen molar-refractivity contribution in [3.8, 4) is 0 Å². The molecule has 1 aromatic rings. The van der Waals surface area contributed by atoms with Crippen LogP contribution in [0.25, 0.3) is 0 Å². The van der Waals surface area contributed by atoms with Gasteiger partial charge in [-0.3, -0.25) is 9.59 Å². The number of hydrogen-bond acceptors (Lipinski definition) is 3. The van der Waals surface area contributed by atoms with Crippen LogP contribution >= 0.6 is 11.8 Å². The third kappa shape index (κ3) is 2.93. The highest BCUT2D eigenvalue weighted by atomic mass is 32.2. The molecule has 21 heavy (non-hydrogen) atoms. The number of amides is 1. The van der Waals surface area contributed by atoms with Crippen molar-refractivity contribution in [3.63, 3.8) is 0 Å². The van der Waals surface area contributed by atoms with E-state index in [1.807, 2.05) is 18.2 Å². The van der Waals surface area contributed by atoms with Gasteiger partial charge in [0.15, 0.2) is 0 Å². The summed E-state index contributed by atoms with van der Waals surface area (Å²) in [6.07, 6.45) is 1.98. The van der Waals surface area contributed by atoms with Gasteiger partial charge in [-0.05, 0) is 37.3 Å². The van der Waals surface area contributed by atoms with Gasteiger partial charge in [0, 0.05) is 23.7 Å². The fraction of sp³-hybridized carbons (Fsp3) is 0.500. The quantitative estimate of drug-likeness (QED) is 0.671. The smallest absolute Gasteiger partial charge is 0.319 e. The van der Waals surface area contributed by atoms with Gasteiger partial charge in [0.25, 0.3) is 0 Å². The van der Waals surface area contributed by atoms with Crippen LogP contribution in [0, 0.1) is 11.3 Å². The summed E-state index contributed by atoms with van der Waals surface area (Å²) in [5, 5.41) is 9.20. The van der Waals surface area contributed by atoms with Crippen molar-refractivity contribution in [1.29, 1.82) is 0 Å². The van der Waals surface area contributed by atoms with Gasteiger partial charge in [-0.25, -0.2) is 0 Å². The summed E-state index contributed by atoms with van der Waals surface area (Å²) < 4.78 is 0. The molecule has 1 N–H and O–H groups in total. The first-order valence-corrected chi connectivity index (χ1v) is 8.31. The molecule has 1 saturated heterocycles. The number of thioether (sulfide) groups is 1. The van der Waals surface area contributed by atoms with Gasteiger partial charge in [0.1, 0.15) is 5.41 Å². The van der Waals surface area contributed by atoms with Crippen LogP contribution < -0.4 is 0 Å². The second-order valence-corrected chi connectivity index (χ2v) is 7.01. The molecule has 0 bridgehead atoms. The summed E-state index contributed by atoms with van der Waals surface area (Å²) in [6, 6.07) is 10.2. The first kappa shape index (κ1) is 14.4. The average Bonchev–Trinajstić information content (AvgIpc) is 3.18. The zero-order chi connectivity index (χ0) is 14.9. The SMILES string of the molecule is O=C(O)C1(C(=O)N2CCC(CSc3ccccc3)C2)CC1. The Morgan fingerprint density at radius 1 is 1.29 bits per heavy atom. The summed E-state index contributed by atoms with van der Waals surface area (Å²) in [4.78, 5) is 26.6. The minimum Gasteiger partial charge on any atom is -0.480 e. The molecule has 1 atom stereocenters. The second kappa shape index (κ2) is 5.72. The molecule has 0 aromatic heterocycles. The number of nitrogens with zero attached hydrogens (tertiary/aromatic N) is 1. The number of carbonyl (C=O) groups excluding carboxylic acids is 1. The number of rotatable bonds is 5. The van der Waals surface area contributed by atoms with Crippen LogP contribution in [0.2, 0.25) is 0 Å². The number of benzene rings is 1. The van der Waals surface area contributed by atoms with E-state index in [9.17, 15) is 14.7 Å². The van der Waals surface area contributed by atoms with E-state index < -0.39 is 11.4 Å². The summed E-state index contributed by atoms with van der Waals surface area (Å²) in [5.74, 6) is 0.328. The predicted octanol–water partition coefficient (Wildman–Crippen LogP) is 2.49. The van der Waals surface area contributed by atoms with Crippen molar-refractivity contribution in [3.05, 3.63) is 30.3 Å². The van der Waals surface area contributed by atoms with Crippen molar-refractivity contribution in [2.75, 3.05) is 18.8 Å². The lowest BCUT2D eigenvalue weighted by Crippen LogP contribution is -2.39. The van der Waals surface area contributed by atoms with Gasteiger partial charge in [-0.1, -0.05) is 18.2 Å². The molecule has 1 aliphatic heterocycles. The van der Waals surface area contributed by atoms with Gasteiger partial charge in [-0.2, -0.15) is 0 Å². The molecule has 1 unspecified atom stereocenters. The summed E-state index contributed by atoms with van der Waals surface area (Å²) in [6.45, 7) is 1.40. The monoisotopic (exact) mass is 305 g/mol. The van der Waals surface area contributed by atoms with Crippen LogP contribution in [-0.2, 0) is 9.59 Å². The Kier molecular flexibility index (Phi) is 3.93. The maximum atomic E-state index is 12.3. The Bertz CT molecular complexity index is 542. The maximum Gasteiger partial charge on any atom is 0.319 e. The normalized spacial score (nSPS) is 23.0. The Morgan fingerprint density at radius 2 is 2.00 bits per heavy atom. The molecule has 3 rings (SSSR count). The highest BCUT2D eigenvalue weighted by Gasteiger charge is 2.59. The number of carboxylic acid groups (broad SMARTS) is 1. The van der Waals surface area contributed by atoms with Crippen molar-refractivity contribution in [1.82, 2.24) is 4.90 Å². The Hall–Kier alpha value is -1.49. The van der Waals surface area contributed by atoms with E-state index in [0.29, 0.717) is 31.8 Å². The van der Waals surface area contributed by atoms with E-state index >= 15 is 0 Å². The molecule has 5 heteroatoms. The minimum atomic E-state index is -1.08. The van der Waals surface area contributed by atoms with Gasteiger partial charge >= 0.3 is 5.97 Å². The van der Waals surface area contributed by atoms with Gasteiger partial charge in [0.2, 0.25) is 5.91 Å². The zero-order valence-corrected chi connectivity index (χ0v) is 12.6. The van der Waals surface area contributed by atoms with E-state index in [4.69, 9.17) is 0 Å². The number of likely N-dealkylation sites (tertiary alicyclic amines) is 1. The van der Waals surface area contributed by atoms with Crippen LogP contribution in [0.4, 0.5) is 0 Å². The maximum absolute atomic E-state index is 12.3. The fourth-order valence-electron chi connectivity index (χ4n) is 2.83. The lowest BCUT2D eigenvalue weighted by atomic mass is 10.1. The van der Waals surface area contributed by atoms with E-state index in [2.05, 4.69) is 12.1 Å². The number of carbonyl (C=O) groups is 2. The van der Waals surface area contributed by atoms with Crippen molar-refractivity contribution in [2.24, 2.45) is 11.3 Å². The number of carboxylic acids is 1. The molecule has 1 aromatic carbocycles. The molecule has 1 saturated carbocycles. The lowest BCUT2D eigenvalue weighted by molar-refractivity contribution is -0.153. The summed E-state index contributed by atoms with van der Waals surface area (Å²) in [7, 11) is 0. The molecular formula is C16H19NO3S. The van der Waals surface area contributed by atoms with Crippen LogP contribution in [0.5, 0.6) is 0 Å². The Balaban J connectivity index is 1.52. The molecule has 2 fully saturated rings. The molecule has 1 aliphatic carbocycles. The van der Waals surface area contributed by atoms with Gasteiger partial charge < -0.3 is 10.0 Å². The lowest BCUT2D eigenvalue weighted by Gasteiger charge is -2.20. The van der Waals surface area contributed by atoms with Crippen LogP contribution in [0.15, 0.2) is 35.2 Å². The van der Waals surface area contributed by atoms with Crippen LogP contribution in [0.1, 0.15) is 19.3 Å². The van der Waals surface area contributed by atoms with Gasteiger partial charge in [0.05, 0.1) is 0 Å². The number of aliphatic carboxylic acids is 1. The van der Waals surface area contributed by atoms with E-state index in [1.54, 1.807) is 16.7 Å². The average molecular weight is 305 g/mol. The summed E-state index contributed by atoms with van der Waals surface area (Å²) >= 11 is 1.81. The topological polar surface area (TPSA) is 57.6 Å². The molecule has 0 spiro atoms. The minimum absolute atomic E-state index is 0.165. The fourth-order valence-corrected chi connectivity index (χ4v) is 3.88. The molecular weight excluding hydrogens is 286 g/mol. The third-order valence-corrected chi connectivity index (χ3v) is 5.61. The van der Waals surface area contributed by atoms with E-state index in [-0.39, 0.29) is 5.91 Å². The second-order valence-electron chi connectivity index (χ2n) is 5.92.